The predicted molar refractivity (Wildman–Crippen MR) is 73.7 cm³/mol. The molecule has 4 nitrogen and oxygen atoms in total. The molecule has 1 aliphatic heterocycles. The second-order valence-corrected chi connectivity index (χ2v) is 4.61. The van der Waals surface area contributed by atoms with E-state index in [1.165, 1.54) is 5.57 Å². The van der Waals surface area contributed by atoms with E-state index in [2.05, 4.69) is 28.1 Å². The van der Waals surface area contributed by atoms with Crippen LogP contribution >= 0.6 is 0 Å². The SMILES string of the molecule is COCC1=CCN(c2ccc(CN)c(C)n2)CC1. The lowest BCUT2D eigenvalue weighted by molar-refractivity contribution is 0.222. The highest BCUT2D eigenvalue weighted by Crippen LogP contribution is 2.19. The Morgan fingerprint density at radius 3 is 2.83 bits per heavy atom. The lowest BCUT2D eigenvalue weighted by Crippen LogP contribution is -2.30. The second-order valence-electron chi connectivity index (χ2n) is 4.61. The van der Waals surface area contributed by atoms with Crippen molar-refractivity contribution in [3.05, 3.63) is 35.0 Å². The van der Waals surface area contributed by atoms with Gasteiger partial charge < -0.3 is 15.4 Å². The van der Waals surface area contributed by atoms with Crippen LogP contribution in [0.3, 0.4) is 0 Å². The summed E-state index contributed by atoms with van der Waals surface area (Å²) in [5, 5.41) is 0. The number of methoxy groups -OCH3 is 1. The third kappa shape index (κ3) is 2.89. The predicted octanol–water partition coefficient (Wildman–Crippen LogP) is 1.63. The van der Waals surface area contributed by atoms with E-state index < -0.39 is 0 Å². The average Bonchev–Trinajstić information content (AvgIpc) is 2.40. The van der Waals surface area contributed by atoms with Crippen LogP contribution in [0.2, 0.25) is 0 Å². The molecule has 1 aliphatic rings. The van der Waals surface area contributed by atoms with Crippen molar-refractivity contribution in [1.29, 1.82) is 0 Å². The van der Waals surface area contributed by atoms with Crippen molar-refractivity contribution >= 4 is 5.82 Å². The Bertz CT molecular complexity index is 443. The normalized spacial score (nSPS) is 15.7. The van der Waals surface area contributed by atoms with Gasteiger partial charge in [0.2, 0.25) is 0 Å². The molecule has 98 valence electrons. The third-order valence-corrected chi connectivity index (χ3v) is 3.36. The van der Waals surface area contributed by atoms with Gasteiger partial charge in [-0.05, 0) is 30.5 Å². The lowest BCUT2D eigenvalue weighted by Gasteiger charge is -2.27. The van der Waals surface area contributed by atoms with Crippen molar-refractivity contribution in [2.45, 2.75) is 19.9 Å². The molecule has 0 aliphatic carbocycles. The first-order valence-corrected chi connectivity index (χ1v) is 6.33. The van der Waals surface area contributed by atoms with Gasteiger partial charge in [0.1, 0.15) is 5.82 Å². The Labute approximate surface area is 108 Å². The molecule has 2 N–H and O–H groups in total. The number of nitrogens with zero attached hydrogens (tertiary/aromatic N) is 2. The van der Waals surface area contributed by atoms with Gasteiger partial charge in [-0.25, -0.2) is 4.98 Å². The van der Waals surface area contributed by atoms with Crippen LogP contribution in [-0.4, -0.2) is 31.8 Å². The molecule has 4 heteroatoms. The largest absolute Gasteiger partial charge is 0.380 e. The van der Waals surface area contributed by atoms with Crippen molar-refractivity contribution in [2.75, 3.05) is 31.7 Å². The maximum atomic E-state index is 5.65. The van der Waals surface area contributed by atoms with Crippen molar-refractivity contribution < 1.29 is 4.74 Å². The molecule has 0 aromatic carbocycles. The zero-order valence-electron chi connectivity index (χ0n) is 11.1. The average molecular weight is 247 g/mol. The smallest absolute Gasteiger partial charge is 0.129 e. The van der Waals surface area contributed by atoms with E-state index in [-0.39, 0.29) is 0 Å². The Kier molecular flexibility index (Phi) is 4.33. The second kappa shape index (κ2) is 5.98. The quantitative estimate of drug-likeness (QED) is 0.822. The van der Waals surface area contributed by atoms with Crippen LogP contribution in [0.4, 0.5) is 5.82 Å². The maximum absolute atomic E-state index is 5.65. The highest BCUT2D eigenvalue weighted by molar-refractivity contribution is 5.43. The Balaban J connectivity index is 2.07. The summed E-state index contributed by atoms with van der Waals surface area (Å²) in [5.41, 5.74) is 9.18. The minimum atomic E-state index is 0.553. The monoisotopic (exact) mass is 247 g/mol. The van der Waals surface area contributed by atoms with Gasteiger partial charge in [0.15, 0.2) is 0 Å². The summed E-state index contributed by atoms with van der Waals surface area (Å²) >= 11 is 0. The number of pyridine rings is 1. The minimum absolute atomic E-state index is 0.553. The molecule has 0 unspecified atom stereocenters. The fourth-order valence-corrected chi connectivity index (χ4v) is 2.20. The summed E-state index contributed by atoms with van der Waals surface area (Å²) in [6, 6.07) is 4.14. The Hall–Kier alpha value is -1.39. The van der Waals surface area contributed by atoms with E-state index in [0.717, 1.165) is 43.2 Å². The van der Waals surface area contributed by atoms with Crippen LogP contribution < -0.4 is 10.6 Å². The highest BCUT2D eigenvalue weighted by atomic mass is 16.5. The first kappa shape index (κ1) is 13.1. The number of rotatable bonds is 4. The molecule has 0 fully saturated rings. The topological polar surface area (TPSA) is 51.4 Å². The van der Waals surface area contributed by atoms with Gasteiger partial charge in [0.05, 0.1) is 6.61 Å². The van der Waals surface area contributed by atoms with Crippen LogP contribution in [0.1, 0.15) is 17.7 Å². The van der Waals surface area contributed by atoms with Crippen molar-refractivity contribution in [2.24, 2.45) is 5.73 Å². The van der Waals surface area contributed by atoms with E-state index >= 15 is 0 Å². The first-order valence-electron chi connectivity index (χ1n) is 6.33. The van der Waals surface area contributed by atoms with Gasteiger partial charge in [-0.15, -0.1) is 0 Å². The summed E-state index contributed by atoms with van der Waals surface area (Å²) in [6.07, 6.45) is 3.29. The van der Waals surface area contributed by atoms with Crippen LogP contribution in [0.15, 0.2) is 23.8 Å². The minimum Gasteiger partial charge on any atom is -0.380 e. The summed E-state index contributed by atoms with van der Waals surface area (Å²) in [6.45, 7) is 5.22. The molecule has 0 spiro atoms. The fraction of sp³-hybridized carbons (Fsp3) is 0.500. The summed E-state index contributed by atoms with van der Waals surface area (Å²) < 4.78 is 5.16. The number of aryl methyl sites for hydroxylation is 1. The number of hydrogen-bond donors (Lipinski definition) is 1. The maximum Gasteiger partial charge on any atom is 0.129 e. The molecule has 1 aromatic rings. The van der Waals surface area contributed by atoms with Gasteiger partial charge in [0, 0.05) is 32.4 Å². The van der Waals surface area contributed by atoms with Crippen molar-refractivity contribution in [1.82, 2.24) is 4.98 Å². The van der Waals surface area contributed by atoms with Crippen LogP contribution in [0, 0.1) is 6.92 Å². The van der Waals surface area contributed by atoms with E-state index in [0.29, 0.717) is 6.54 Å². The molecular weight excluding hydrogens is 226 g/mol. The Morgan fingerprint density at radius 1 is 1.44 bits per heavy atom. The van der Waals surface area contributed by atoms with E-state index in [1.807, 2.05) is 6.92 Å². The summed E-state index contributed by atoms with van der Waals surface area (Å²) in [5.74, 6) is 1.04. The number of ether oxygens (including phenoxy) is 1. The zero-order valence-corrected chi connectivity index (χ0v) is 11.1. The standard InChI is InChI=1S/C14H21N3O/c1-11-13(9-15)3-4-14(16-11)17-7-5-12(6-8-17)10-18-2/h3-5H,6-10,15H2,1-2H3. The number of nitrogens with two attached hydrogens (primary N) is 1. The van der Waals surface area contributed by atoms with Crippen LogP contribution in [-0.2, 0) is 11.3 Å². The van der Waals surface area contributed by atoms with Crippen molar-refractivity contribution in [3.8, 4) is 0 Å². The highest BCUT2D eigenvalue weighted by Gasteiger charge is 2.13. The Morgan fingerprint density at radius 2 is 2.28 bits per heavy atom. The van der Waals surface area contributed by atoms with Gasteiger partial charge in [-0.1, -0.05) is 12.1 Å². The van der Waals surface area contributed by atoms with Crippen LogP contribution in [0.25, 0.3) is 0 Å². The molecule has 0 saturated carbocycles. The summed E-state index contributed by atoms with van der Waals surface area (Å²) in [4.78, 5) is 6.91. The van der Waals surface area contributed by atoms with E-state index in [1.54, 1.807) is 7.11 Å². The van der Waals surface area contributed by atoms with Crippen LogP contribution in [0.5, 0.6) is 0 Å². The molecule has 0 saturated heterocycles. The molecule has 0 atom stereocenters. The number of hydrogen-bond acceptors (Lipinski definition) is 4. The van der Waals surface area contributed by atoms with E-state index in [9.17, 15) is 0 Å². The number of anilines is 1. The number of aromatic nitrogens is 1. The molecule has 2 heterocycles. The van der Waals surface area contributed by atoms with Crippen molar-refractivity contribution in [3.63, 3.8) is 0 Å². The van der Waals surface area contributed by atoms with Gasteiger partial charge in [-0.2, -0.15) is 0 Å². The lowest BCUT2D eigenvalue weighted by atomic mass is 10.1. The molecule has 18 heavy (non-hydrogen) atoms. The zero-order chi connectivity index (χ0) is 13.0. The molecule has 1 aromatic heterocycles. The molecular formula is C14H21N3O. The van der Waals surface area contributed by atoms with Gasteiger partial charge >= 0.3 is 0 Å². The summed E-state index contributed by atoms with van der Waals surface area (Å²) in [7, 11) is 1.74. The van der Waals surface area contributed by atoms with Gasteiger partial charge in [0.25, 0.3) is 0 Å². The van der Waals surface area contributed by atoms with E-state index in [4.69, 9.17) is 10.5 Å². The fourth-order valence-electron chi connectivity index (χ4n) is 2.20. The molecule has 0 amide bonds. The molecule has 0 radical (unpaired) electrons. The molecule has 2 rings (SSSR count). The molecule has 0 bridgehead atoms. The van der Waals surface area contributed by atoms with Gasteiger partial charge in [-0.3, -0.25) is 0 Å². The third-order valence-electron chi connectivity index (χ3n) is 3.36. The first-order chi connectivity index (χ1) is 8.74.